The van der Waals surface area contributed by atoms with Crippen molar-refractivity contribution < 1.29 is 0 Å². The predicted molar refractivity (Wildman–Crippen MR) is 68.6 cm³/mol. The van der Waals surface area contributed by atoms with Gasteiger partial charge in [-0.25, -0.2) is 0 Å². The lowest BCUT2D eigenvalue weighted by Crippen LogP contribution is -2.28. The first kappa shape index (κ1) is 11.9. The summed E-state index contributed by atoms with van der Waals surface area (Å²) in [4.78, 5) is 0. The third-order valence-electron chi connectivity index (χ3n) is 1.75. The maximum absolute atomic E-state index is 5.98. The van der Waals surface area contributed by atoms with E-state index in [1.807, 2.05) is 25.1 Å². The Morgan fingerprint density at radius 1 is 1.53 bits per heavy atom. The number of hydrazone groups is 1. The summed E-state index contributed by atoms with van der Waals surface area (Å²) >= 11 is 10.8. The number of nitrogens with one attached hydrogen (secondary N) is 2. The van der Waals surface area contributed by atoms with Crippen LogP contribution in [-0.2, 0) is 0 Å². The highest BCUT2D eigenvalue weighted by atomic mass is 35.5. The van der Waals surface area contributed by atoms with E-state index in [-0.39, 0.29) is 0 Å². The van der Waals surface area contributed by atoms with Crippen molar-refractivity contribution in [2.24, 2.45) is 5.10 Å². The maximum Gasteiger partial charge on any atom is 0.186 e. The molecule has 0 heterocycles. The van der Waals surface area contributed by atoms with Crippen molar-refractivity contribution in [1.82, 2.24) is 10.7 Å². The lowest BCUT2D eigenvalue weighted by molar-refractivity contribution is 0.982. The summed E-state index contributed by atoms with van der Waals surface area (Å²) < 4.78 is 0. The monoisotopic (exact) mass is 241 g/mol. The number of hydrogen-bond acceptors (Lipinski definition) is 2. The summed E-state index contributed by atoms with van der Waals surface area (Å²) in [6.07, 6.45) is 1.64. The molecule has 0 fully saturated rings. The SMILES string of the molecule is CNC(=S)N/N=C/c1cc(C)ccc1Cl. The second-order valence-electron chi connectivity index (χ2n) is 2.97. The summed E-state index contributed by atoms with van der Waals surface area (Å²) in [5.74, 6) is 0. The lowest BCUT2D eigenvalue weighted by atomic mass is 10.1. The first-order valence-electron chi connectivity index (χ1n) is 4.40. The fourth-order valence-electron chi connectivity index (χ4n) is 0.978. The van der Waals surface area contributed by atoms with Crippen LogP contribution in [-0.4, -0.2) is 18.4 Å². The van der Waals surface area contributed by atoms with Crippen molar-refractivity contribution >= 4 is 35.1 Å². The van der Waals surface area contributed by atoms with Crippen LogP contribution in [0, 0.1) is 6.92 Å². The Morgan fingerprint density at radius 2 is 2.27 bits per heavy atom. The Bertz CT molecular complexity index is 390. The highest BCUT2D eigenvalue weighted by Gasteiger charge is 1.96. The first-order valence-corrected chi connectivity index (χ1v) is 5.19. The highest BCUT2D eigenvalue weighted by Crippen LogP contribution is 2.14. The van der Waals surface area contributed by atoms with Gasteiger partial charge < -0.3 is 5.32 Å². The number of aryl methyl sites for hydroxylation is 1. The van der Waals surface area contributed by atoms with Crippen LogP contribution in [0.15, 0.2) is 23.3 Å². The molecule has 0 radical (unpaired) electrons. The summed E-state index contributed by atoms with van der Waals surface area (Å²) in [6.45, 7) is 2.00. The van der Waals surface area contributed by atoms with E-state index in [9.17, 15) is 0 Å². The van der Waals surface area contributed by atoms with Crippen molar-refractivity contribution in [1.29, 1.82) is 0 Å². The molecule has 0 bridgehead atoms. The quantitative estimate of drug-likeness (QED) is 0.473. The fourth-order valence-corrected chi connectivity index (χ4v) is 1.20. The van der Waals surface area contributed by atoms with Gasteiger partial charge >= 0.3 is 0 Å². The predicted octanol–water partition coefficient (Wildman–Crippen LogP) is 2.08. The minimum Gasteiger partial charge on any atom is -0.364 e. The van der Waals surface area contributed by atoms with Crippen molar-refractivity contribution in [2.75, 3.05) is 7.05 Å². The Labute approximate surface area is 99.5 Å². The van der Waals surface area contributed by atoms with Crippen LogP contribution in [0.5, 0.6) is 0 Å². The second kappa shape index (κ2) is 5.68. The average Bonchev–Trinajstić information content (AvgIpc) is 2.23. The van der Waals surface area contributed by atoms with Crippen LogP contribution in [0.2, 0.25) is 5.02 Å². The molecule has 15 heavy (non-hydrogen) atoms. The van der Waals surface area contributed by atoms with Crippen molar-refractivity contribution in [3.8, 4) is 0 Å². The van der Waals surface area contributed by atoms with Gasteiger partial charge in [-0.2, -0.15) is 5.10 Å². The van der Waals surface area contributed by atoms with Gasteiger partial charge in [-0.1, -0.05) is 23.2 Å². The summed E-state index contributed by atoms with van der Waals surface area (Å²) in [5.41, 5.74) is 4.66. The fraction of sp³-hybridized carbons (Fsp3) is 0.200. The minimum absolute atomic E-state index is 0.468. The molecule has 0 unspecified atom stereocenters. The van der Waals surface area contributed by atoms with Crippen molar-refractivity contribution in [3.63, 3.8) is 0 Å². The van der Waals surface area contributed by atoms with Crippen molar-refractivity contribution in [3.05, 3.63) is 34.3 Å². The minimum atomic E-state index is 0.468. The molecule has 0 spiro atoms. The molecule has 0 aliphatic rings. The smallest absolute Gasteiger partial charge is 0.186 e. The molecule has 1 aromatic rings. The van der Waals surface area contributed by atoms with E-state index >= 15 is 0 Å². The van der Waals surface area contributed by atoms with Crippen LogP contribution < -0.4 is 10.7 Å². The molecule has 3 nitrogen and oxygen atoms in total. The molecule has 0 atom stereocenters. The molecular formula is C10H12ClN3S. The summed E-state index contributed by atoms with van der Waals surface area (Å²) in [7, 11) is 1.73. The third-order valence-corrected chi connectivity index (χ3v) is 2.39. The molecular weight excluding hydrogens is 230 g/mol. The van der Waals surface area contributed by atoms with Crippen LogP contribution in [0.1, 0.15) is 11.1 Å². The van der Waals surface area contributed by atoms with Gasteiger partial charge in [0.2, 0.25) is 0 Å². The number of thiocarbonyl (C=S) groups is 1. The lowest BCUT2D eigenvalue weighted by Gasteiger charge is -2.01. The largest absolute Gasteiger partial charge is 0.364 e. The Morgan fingerprint density at radius 3 is 2.93 bits per heavy atom. The normalized spacial score (nSPS) is 10.3. The van der Waals surface area contributed by atoms with E-state index in [2.05, 4.69) is 15.8 Å². The topological polar surface area (TPSA) is 36.4 Å². The molecule has 0 saturated carbocycles. The van der Waals surface area contributed by atoms with Crippen LogP contribution in [0.25, 0.3) is 0 Å². The Kier molecular flexibility index (Phi) is 4.52. The van der Waals surface area contributed by atoms with E-state index in [1.54, 1.807) is 13.3 Å². The molecule has 0 saturated heterocycles. The average molecular weight is 242 g/mol. The number of nitrogens with zero attached hydrogens (tertiary/aromatic N) is 1. The van der Waals surface area contributed by atoms with Gasteiger partial charge in [-0.05, 0) is 31.3 Å². The highest BCUT2D eigenvalue weighted by molar-refractivity contribution is 7.80. The first-order chi connectivity index (χ1) is 7.13. The van der Waals surface area contributed by atoms with E-state index in [0.29, 0.717) is 10.1 Å². The zero-order valence-corrected chi connectivity index (χ0v) is 10.1. The summed E-state index contributed by atoms with van der Waals surface area (Å²) in [6, 6.07) is 5.75. The van der Waals surface area contributed by atoms with E-state index in [1.165, 1.54) is 0 Å². The molecule has 5 heteroatoms. The molecule has 1 rings (SSSR count). The number of benzene rings is 1. The van der Waals surface area contributed by atoms with Gasteiger partial charge in [0.25, 0.3) is 0 Å². The zero-order chi connectivity index (χ0) is 11.3. The van der Waals surface area contributed by atoms with Crippen LogP contribution in [0.3, 0.4) is 0 Å². The van der Waals surface area contributed by atoms with E-state index in [0.717, 1.165) is 11.1 Å². The Balaban J connectivity index is 2.71. The van der Waals surface area contributed by atoms with Crippen LogP contribution >= 0.6 is 23.8 Å². The van der Waals surface area contributed by atoms with E-state index in [4.69, 9.17) is 23.8 Å². The molecule has 0 aromatic heterocycles. The number of hydrogen-bond donors (Lipinski definition) is 2. The van der Waals surface area contributed by atoms with Gasteiger partial charge in [0.1, 0.15) is 0 Å². The maximum atomic E-state index is 5.98. The second-order valence-corrected chi connectivity index (χ2v) is 3.79. The van der Waals surface area contributed by atoms with Gasteiger partial charge in [-0.15, -0.1) is 0 Å². The van der Waals surface area contributed by atoms with E-state index < -0.39 is 0 Å². The standard InChI is InChI=1S/C10H12ClN3S/c1-7-3-4-9(11)8(5-7)6-13-14-10(15)12-2/h3-6H,1-2H3,(H2,12,14,15)/b13-6+. The van der Waals surface area contributed by atoms with Crippen molar-refractivity contribution in [2.45, 2.75) is 6.92 Å². The molecule has 2 N–H and O–H groups in total. The molecule has 0 amide bonds. The number of halogens is 1. The van der Waals surface area contributed by atoms with Gasteiger partial charge in [0.05, 0.1) is 6.21 Å². The molecule has 80 valence electrons. The Hall–Kier alpha value is -1.13. The van der Waals surface area contributed by atoms with Gasteiger partial charge in [0.15, 0.2) is 5.11 Å². The third kappa shape index (κ3) is 3.85. The number of rotatable bonds is 2. The van der Waals surface area contributed by atoms with Crippen LogP contribution in [0.4, 0.5) is 0 Å². The van der Waals surface area contributed by atoms with Gasteiger partial charge in [-0.3, -0.25) is 5.43 Å². The molecule has 1 aromatic carbocycles. The zero-order valence-electron chi connectivity index (χ0n) is 8.54. The van der Waals surface area contributed by atoms with Gasteiger partial charge in [0, 0.05) is 17.6 Å². The molecule has 0 aliphatic carbocycles. The summed E-state index contributed by atoms with van der Waals surface area (Å²) in [5, 5.41) is 7.84. The molecule has 0 aliphatic heterocycles.